The highest BCUT2D eigenvalue weighted by Gasteiger charge is 2.39. The summed E-state index contributed by atoms with van der Waals surface area (Å²) in [5.74, 6) is 1.89. The molecule has 1 saturated heterocycles. The van der Waals surface area contributed by atoms with Crippen molar-refractivity contribution in [1.82, 2.24) is 20.8 Å². The van der Waals surface area contributed by atoms with Gasteiger partial charge in [0, 0.05) is 12.6 Å². The number of carbonyl (C=O) groups excluding carboxylic acids is 1. The number of aromatic amines is 1. The van der Waals surface area contributed by atoms with Crippen LogP contribution in [0.4, 0.5) is 0 Å². The number of benzene rings is 1. The third kappa shape index (κ3) is 2.47. The lowest BCUT2D eigenvalue weighted by atomic mass is 9.69. The Kier molecular flexibility index (Phi) is 3.69. The van der Waals surface area contributed by atoms with E-state index in [2.05, 4.69) is 20.8 Å². The molecule has 1 unspecified atom stereocenters. The smallest absolute Gasteiger partial charge is 0.272 e. The van der Waals surface area contributed by atoms with Crippen LogP contribution in [-0.2, 0) is 0 Å². The molecule has 3 N–H and O–H groups in total. The number of nitrogens with one attached hydrogen (secondary N) is 3. The zero-order valence-electron chi connectivity index (χ0n) is 13.3. The van der Waals surface area contributed by atoms with Gasteiger partial charge in [-0.3, -0.25) is 9.89 Å². The van der Waals surface area contributed by atoms with Crippen LogP contribution >= 0.6 is 0 Å². The highest BCUT2D eigenvalue weighted by molar-refractivity contribution is 6.07. The second-order valence-electron chi connectivity index (χ2n) is 6.53. The average molecular weight is 314 g/mol. The lowest BCUT2D eigenvalue weighted by Gasteiger charge is -2.40. The van der Waals surface area contributed by atoms with Gasteiger partial charge in [-0.15, -0.1) is 0 Å². The first-order valence-electron chi connectivity index (χ1n) is 8.30. The summed E-state index contributed by atoms with van der Waals surface area (Å²) in [4.78, 5) is 12.8. The van der Waals surface area contributed by atoms with Gasteiger partial charge < -0.3 is 15.4 Å². The molecule has 1 aliphatic heterocycles. The Labute approximate surface area is 135 Å². The summed E-state index contributed by atoms with van der Waals surface area (Å²) < 4.78 is 5.38. The Balaban J connectivity index is 1.59. The van der Waals surface area contributed by atoms with E-state index in [1.807, 2.05) is 18.2 Å². The number of hydrogen-bond donors (Lipinski definition) is 3. The Bertz CT molecular complexity index is 726. The van der Waals surface area contributed by atoms with Gasteiger partial charge in [0.1, 0.15) is 5.75 Å². The molecule has 1 amide bonds. The van der Waals surface area contributed by atoms with Crippen molar-refractivity contribution in [1.29, 1.82) is 0 Å². The van der Waals surface area contributed by atoms with Crippen LogP contribution in [0.15, 0.2) is 18.2 Å². The van der Waals surface area contributed by atoms with Crippen molar-refractivity contribution >= 4 is 16.8 Å². The molecule has 1 aromatic heterocycles. The van der Waals surface area contributed by atoms with Crippen LogP contribution < -0.4 is 15.4 Å². The second kappa shape index (κ2) is 5.85. The van der Waals surface area contributed by atoms with E-state index < -0.39 is 0 Å². The number of carbonyl (C=O) groups is 1. The molecule has 1 saturated carbocycles. The molecule has 2 aliphatic rings. The van der Waals surface area contributed by atoms with Crippen LogP contribution in [0.3, 0.4) is 0 Å². The summed E-state index contributed by atoms with van der Waals surface area (Å²) in [6.07, 6.45) is 3.72. The van der Waals surface area contributed by atoms with Gasteiger partial charge in [0.05, 0.1) is 18.0 Å². The number of rotatable bonds is 3. The molecule has 122 valence electrons. The van der Waals surface area contributed by atoms with E-state index >= 15 is 0 Å². The van der Waals surface area contributed by atoms with Crippen molar-refractivity contribution in [2.75, 3.05) is 20.2 Å². The first-order chi connectivity index (χ1) is 11.3. The first-order valence-corrected chi connectivity index (χ1v) is 8.30. The van der Waals surface area contributed by atoms with E-state index in [4.69, 9.17) is 4.74 Å². The van der Waals surface area contributed by atoms with E-state index in [1.165, 1.54) is 19.3 Å². The molecule has 6 heteroatoms. The number of amides is 1. The fourth-order valence-electron chi connectivity index (χ4n) is 3.95. The van der Waals surface area contributed by atoms with Gasteiger partial charge in [0.25, 0.3) is 5.91 Å². The Hall–Kier alpha value is -2.08. The SMILES string of the molecule is COc1cccc2[nH]nc(C(=O)N[C@@H]3CNCCC4CC[C@@H]43)c12. The summed E-state index contributed by atoms with van der Waals surface area (Å²) in [5.41, 5.74) is 1.23. The number of hydrogen-bond acceptors (Lipinski definition) is 4. The Morgan fingerprint density at radius 2 is 2.26 bits per heavy atom. The molecule has 2 aromatic rings. The minimum atomic E-state index is -0.125. The van der Waals surface area contributed by atoms with Crippen LogP contribution in [0.5, 0.6) is 5.75 Å². The number of aromatic nitrogens is 2. The topological polar surface area (TPSA) is 79.0 Å². The molecule has 23 heavy (non-hydrogen) atoms. The Morgan fingerprint density at radius 1 is 1.35 bits per heavy atom. The molecule has 2 heterocycles. The largest absolute Gasteiger partial charge is 0.496 e. The third-order valence-corrected chi connectivity index (χ3v) is 5.35. The van der Waals surface area contributed by atoms with Crippen molar-refractivity contribution in [2.45, 2.75) is 25.3 Å². The molecule has 0 bridgehead atoms. The number of methoxy groups -OCH3 is 1. The molecule has 0 spiro atoms. The van der Waals surface area contributed by atoms with E-state index in [0.29, 0.717) is 17.4 Å². The zero-order chi connectivity index (χ0) is 15.8. The molecular weight excluding hydrogens is 292 g/mol. The van der Waals surface area contributed by atoms with Crippen LogP contribution in [0, 0.1) is 11.8 Å². The fourth-order valence-corrected chi connectivity index (χ4v) is 3.95. The molecule has 1 aliphatic carbocycles. The lowest BCUT2D eigenvalue weighted by Crippen LogP contribution is -2.49. The summed E-state index contributed by atoms with van der Waals surface area (Å²) in [6.45, 7) is 1.89. The quantitative estimate of drug-likeness (QED) is 0.805. The number of nitrogens with zero attached hydrogens (tertiary/aromatic N) is 1. The van der Waals surface area contributed by atoms with Gasteiger partial charge in [-0.1, -0.05) is 6.07 Å². The van der Waals surface area contributed by atoms with Crippen LogP contribution in [0.25, 0.3) is 10.9 Å². The summed E-state index contributed by atoms with van der Waals surface area (Å²) in [5, 5.41) is 14.5. The Morgan fingerprint density at radius 3 is 3.04 bits per heavy atom. The van der Waals surface area contributed by atoms with Crippen molar-refractivity contribution in [3.05, 3.63) is 23.9 Å². The van der Waals surface area contributed by atoms with E-state index in [0.717, 1.165) is 29.9 Å². The molecule has 3 atom stereocenters. The van der Waals surface area contributed by atoms with Gasteiger partial charge >= 0.3 is 0 Å². The number of fused-ring (bicyclic) bond motifs is 2. The predicted octanol–water partition coefficient (Wildman–Crippen LogP) is 1.69. The van der Waals surface area contributed by atoms with Gasteiger partial charge in [-0.2, -0.15) is 5.10 Å². The fraction of sp³-hybridized carbons (Fsp3) is 0.529. The highest BCUT2D eigenvalue weighted by Crippen LogP contribution is 2.40. The average Bonchev–Trinajstić information content (AvgIpc) is 2.91. The van der Waals surface area contributed by atoms with Crippen LogP contribution in [-0.4, -0.2) is 42.3 Å². The first kappa shape index (κ1) is 14.5. The molecule has 0 radical (unpaired) electrons. The van der Waals surface area contributed by atoms with Crippen molar-refractivity contribution in [2.24, 2.45) is 11.8 Å². The maximum atomic E-state index is 12.8. The van der Waals surface area contributed by atoms with E-state index in [9.17, 15) is 4.79 Å². The van der Waals surface area contributed by atoms with Crippen molar-refractivity contribution < 1.29 is 9.53 Å². The standard InChI is InChI=1S/C17H22N4O2/c1-23-14-4-2-3-12-15(14)16(21-20-12)17(22)19-13-9-18-8-7-10-5-6-11(10)13/h2-4,10-11,13,18H,5-9H2,1H3,(H,19,22)(H,20,21)/t10?,11-,13+/m0/s1. The normalized spacial score (nSPS) is 26.9. The summed E-state index contributed by atoms with van der Waals surface area (Å²) in [7, 11) is 1.61. The van der Waals surface area contributed by atoms with Crippen molar-refractivity contribution in [3.8, 4) is 5.75 Å². The number of H-pyrrole nitrogens is 1. The predicted molar refractivity (Wildman–Crippen MR) is 87.6 cm³/mol. The molecule has 1 aromatic carbocycles. The van der Waals surface area contributed by atoms with Gasteiger partial charge in [-0.25, -0.2) is 0 Å². The van der Waals surface area contributed by atoms with Crippen LogP contribution in [0.2, 0.25) is 0 Å². The number of ether oxygens (including phenoxy) is 1. The van der Waals surface area contributed by atoms with Crippen molar-refractivity contribution in [3.63, 3.8) is 0 Å². The lowest BCUT2D eigenvalue weighted by molar-refractivity contribution is 0.0844. The molecule has 4 rings (SSSR count). The minimum Gasteiger partial charge on any atom is -0.496 e. The van der Waals surface area contributed by atoms with Gasteiger partial charge in [-0.05, 0) is 49.8 Å². The summed E-state index contributed by atoms with van der Waals surface area (Å²) >= 11 is 0. The maximum absolute atomic E-state index is 12.8. The van der Waals surface area contributed by atoms with E-state index in [1.54, 1.807) is 7.11 Å². The van der Waals surface area contributed by atoms with Gasteiger partial charge in [0.15, 0.2) is 5.69 Å². The third-order valence-electron chi connectivity index (χ3n) is 5.35. The molecule has 2 fully saturated rings. The summed E-state index contributed by atoms with van der Waals surface area (Å²) in [6, 6.07) is 5.82. The monoisotopic (exact) mass is 314 g/mol. The highest BCUT2D eigenvalue weighted by atomic mass is 16.5. The molecular formula is C17H22N4O2. The van der Waals surface area contributed by atoms with Gasteiger partial charge in [0.2, 0.25) is 0 Å². The van der Waals surface area contributed by atoms with E-state index in [-0.39, 0.29) is 11.9 Å². The molecule has 6 nitrogen and oxygen atoms in total. The maximum Gasteiger partial charge on any atom is 0.272 e. The minimum absolute atomic E-state index is 0.125. The van der Waals surface area contributed by atoms with Crippen LogP contribution in [0.1, 0.15) is 29.8 Å². The second-order valence-corrected chi connectivity index (χ2v) is 6.53. The zero-order valence-corrected chi connectivity index (χ0v) is 13.3.